The first-order chi connectivity index (χ1) is 9.13. The quantitative estimate of drug-likeness (QED) is 0.824. The van der Waals surface area contributed by atoms with Gasteiger partial charge in [0.05, 0.1) is 6.04 Å². The summed E-state index contributed by atoms with van der Waals surface area (Å²) in [7, 11) is 0. The molecule has 1 nitrogen and oxygen atoms in total. The van der Waals surface area contributed by atoms with E-state index < -0.39 is 0 Å². The zero-order chi connectivity index (χ0) is 13.8. The second kappa shape index (κ2) is 6.51. The zero-order valence-corrected chi connectivity index (χ0v) is 12.6. The summed E-state index contributed by atoms with van der Waals surface area (Å²) in [5.41, 5.74) is 2.98. The Labute approximate surface area is 122 Å². The number of halogens is 2. The van der Waals surface area contributed by atoms with E-state index in [0.29, 0.717) is 10.6 Å². The minimum atomic E-state index is -0.258. The van der Waals surface area contributed by atoms with Crippen LogP contribution in [-0.4, -0.2) is 6.54 Å². The Kier molecular flexibility index (Phi) is 4.97. The molecule has 0 spiro atoms. The van der Waals surface area contributed by atoms with Crippen molar-refractivity contribution in [2.75, 3.05) is 6.54 Å². The lowest BCUT2D eigenvalue weighted by Crippen LogP contribution is -2.24. The smallest absolute Gasteiger partial charge is 0.129 e. The first-order valence-electron chi connectivity index (χ1n) is 6.34. The van der Waals surface area contributed by atoms with E-state index in [1.54, 1.807) is 23.5 Å². The number of nitrogens with one attached hydrogen (secondary N) is 1. The topological polar surface area (TPSA) is 12.0 Å². The highest BCUT2D eigenvalue weighted by Crippen LogP contribution is 2.30. The van der Waals surface area contributed by atoms with E-state index in [4.69, 9.17) is 11.6 Å². The van der Waals surface area contributed by atoms with Crippen molar-refractivity contribution in [2.45, 2.75) is 26.3 Å². The van der Waals surface area contributed by atoms with Gasteiger partial charge in [0.1, 0.15) is 5.82 Å². The van der Waals surface area contributed by atoms with E-state index in [2.05, 4.69) is 29.9 Å². The van der Waals surface area contributed by atoms with Crippen LogP contribution in [0.1, 0.15) is 36.1 Å². The van der Waals surface area contributed by atoms with Crippen LogP contribution in [0.5, 0.6) is 0 Å². The van der Waals surface area contributed by atoms with E-state index in [0.717, 1.165) is 18.5 Å². The molecule has 1 unspecified atom stereocenters. The SMILES string of the molecule is CCCNC(c1cscc1C)c1ccc(Cl)cc1F. The summed E-state index contributed by atoms with van der Waals surface area (Å²) in [6.07, 6.45) is 1.01. The first kappa shape index (κ1) is 14.5. The van der Waals surface area contributed by atoms with Crippen LogP contribution >= 0.6 is 22.9 Å². The van der Waals surface area contributed by atoms with Crippen LogP contribution < -0.4 is 5.32 Å². The van der Waals surface area contributed by atoms with E-state index in [1.807, 2.05) is 0 Å². The molecule has 4 heteroatoms. The van der Waals surface area contributed by atoms with Gasteiger partial charge in [-0.25, -0.2) is 4.39 Å². The van der Waals surface area contributed by atoms with Gasteiger partial charge in [0.15, 0.2) is 0 Å². The molecule has 0 aliphatic carbocycles. The molecule has 2 aromatic rings. The molecule has 0 aliphatic rings. The van der Waals surface area contributed by atoms with Crippen LogP contribution in [0.4, 0.5) is 4.39 Å². The van der Waals surface area contributed by atoms with Crippen molar-refractivity contribution in [1.82, 2.24) is 5.32 Å². The maximum Gasteiger partial charge on any atom is 0.129 e. The van der Waals surface area contributed by atoms with Gasteiger partial charge < -0.3 is 5.32 Å². The van der Waals surface area contributed by atoms with Gasteiger partial charge >= 0.3 is 0 Å². The van der Waals surface area contributed by atoms with Crippen LogP contribution in [-0.2, 0) is 0 Å². The molecule has 0 saturated carbocycles. The minimum absolute atomic E-state index is 0.108. The molecule has 0 saturated heterocycles. The fourth-order valence-corrected chi connectivity index (χ4v) is 3.11. The Morgan fingerprint density at radius 2 is 2.11 bits per heavy atom. The van der Waals surface area contributed by atoms with Gasteiger partial charge in [-0.2, -0.15) is 11.3 Å². The minimum Gasteiger partial charge on any atom is -0.306 e. The molecule has 1 aromatic carbocycles. The average Bonchev–Trinajstić information content (AvgIpc) is 2.78. The molecule has 0 radical (unpaired) electrons. The summed E-state index contributed by atoms with van der Waals surface area (Å²) in [6, 6.07) is 4.77. The van der Waals surface area contributed by atoms with E-state index in [9.17, 15) is 4.39 Å². The van der Waals surface area contributed by atoms with Crippen LogP contribution in [0.3, 0.4) is 0 Å². The first-order valence-corrected chi connectivity index (χ1v) is 7.66. The Morgan fingerprint density at radius 3 is 2.68 bits per heavy atom. The second-order valence-electron chi connectivity index (χ2n) is 4.56. The molecule has 1 heterocycles. The molecule has 1 N–H and O–H groups in total. The third-order valence-corrected chi connectivity index (χ3v) is 4.19. The van der Waals surface area contributed by atoms with Crippen molar-refractivity contribution in [3.8, 4) is 0 Å². The predicted octanol–water partition coefficient (Wildman–Crippen LogP) is 4.94. The molecule has 19 heavy (non-hydrogen) atoms. The van der Waals surface area contributed by atoms with Gasteiger partial charge in [0.25, 0.3) is 0 Å². The highest BCUT2D eigenvalue weighted by molar-refractivity contribution is 7.08. The molecular formula is C15H17ClFNS. The number of rotatable bonds is 5. The van der Waals surface area contributed by atoms with Crippen molar-refractivity contribution in [3.63, 3.8) is 0 Å². The lowest BCUT2D eigenvalue weighted by molar-refractivity contribution is 0.546. The molecule has 102 valence electrons. The Balaban J connectivity index is 2.40. The predicted molar refractivity (Wildman–Crippen MR) is 80.6 cm³/mol. The van der Waals surface area contributed by atoms with Gasteiger partial charge in [0.2, 0.25) is 0 Å². The summed E-state index contributed by atoms with van der Waals surface area (Å²) >= 11 is 7.47. The van der Waals surface area contributed by atoms with Crippen molar-refractivity contribution < 1.29 is 4.39 Å². The Hall–Kier alpha value is -0.900. The summed E-state index contributed by atoms with van der Waals surface area (Å²) < 4.78 is 14.1. The maximum atomic E-state index is 14.1. The van der Waals surface area contributed by atoms with Gasteiger partial charge in [-0.15, -0.1) is 0 Å². The molecule has 1 aromatic heterocycles. The Morgan fingerprint density at radius 1 is 1.32 bits per heavy atom. The van der Waals surface area contributed by atoms with Gasteiger partial charge in [-0.1, -0.05) is 24.6 Å². The number of hydrogen-bond acceptors (Lipinski definition) is 2. The molecule has 0 bridgehead atoms. The lowest BCUT2D eigenvalue weighted by Gasteiger charge is -2.20. The number of benzene rings is 1. The highest BCUT2D eigenvalue weighted by Gasteiger charge is 2.19. The molecule has 0 amide bonds. The number of thiophene rings is 1. The zero-order valence-electron chi connectivity index (χ0n) is 11.0. The summed E-state index contributed by atoms with van der Waals surface area (Å²) in [5.74, 6) is -0.258. The summed E-state index contributed by atoms with van der Waals surface area (Å²) in [6.45, 7) is 5.01. The fourth-order valence-electron chi connectivity index (χ4n) is 2.08. The maximum absolute atomic E-state index is 14.1. The van der Waals surface area contributed by atoms with E-state index in [-0.39, 0.29) is 11.9 Å². The molecule has 2 rings (SSSR count). The van der Waals surface area contributed by atoms with Crippen molar-refractivity contribution >= 4 is 22.9 Å². The summed E-state index contributed by atoms with van der Waals surface area (Å²) in [4.78, 5) is 0. The Bertz CT molecular complexity index is 553. The highest BCUT2D eigenvalue weighted by atomic mass is 35.5. The van der Waals surface area contributed by atoms with Gasteiger partial charge in [-0.3, -0.25) is 0 Å². The standard InChI is InChI=1S/C15H17ClFNS/c1-3-6-18-15(13-9-19-8-10(13)2)12-5-4-11(16)7-14(12)17/h4-5,7-9,15,18H,3,6H2,1-2H3. The van der Waals surface area contributed by atoms with Crippen molar-refractivity contribution in [2.24, 2.45) is 0 Å². The van der Waals surface area contributed by atoms with Crippen LogP contribution in [0.15, 0.2) is 29.0 Å². The number of aryl methyl sites for hydroxylation is 1. The number of hydrogen-bond donors (Lipinski definition) is 1. The van der Waals surface area contributed by atoms with Crippen molar-refractivity contribution in [1.29, 1.82) is 0 Å². The summed E-state index contributed by atoms with van der Waals surface area (Å²) in [5, 5.41) is 8.01. The van der Waals surface area contributed by atoms with Crippen LogP contribution in [0.25, 0.3) is 0 Å². The third kappa shape index (κ3) is 3.35. The monoisotopic (exact) mass is 297 g/mol. The normalized spacial score (nSPS) is 12.6. The van der Waals surface area contributed by atoms with Gasteiger partial charge in [-0.05, 0) is 53.9 Å². The molecular weight excluding hydrogens is 281 g/mol. The molecule has 0 aliphatic heterocycles. The second-order valence-corrected chi connectivity index (χ2v) is 5.74. The van der Waals surface area contributed by atoms with Crippen molar-refractivity contribution in [3.05, 3.63) is 56.5 Å². The van der Waals surface area contributed by atoms with Gasteiger partial charge in [0, 0.05) is 10.6 Å². The lowest BCUT2D eigenvalue weighted by atomic mass is 9.98. The molecule has 1 atom stereocenters. The largest absolute Gasteiger partial charge is 0.306 e. The molecule has 0 fully saturated rings. The fraction of sp³-hybridized carbons (Fsp3) is 0.333. The average molecular weight is 298 g/mol. The third-order valence-electron chi connectivity index (χ3n) is 3.08. The van der Waals surface area contributed by atoms with Crippen LogP contribution in [0.2, 0.25) is 5.02 Å². The van der Waals surface area contributed by atoms with E-state index >= 15 is 0 Å². The van der Waals surface area contributed by atoms with Crippen LogP contribution in [0, 0.1) is 12.7 Å². The van der Waals surface area contributed by atoms with E-state index in [1.165, 1.54) is 11.6 Å².